The number of halogens is 3. The molecule has 2 N–H and O–H groups in total. The number of rotatable bonds is 2. The maximum absolute atomic E-state index is 13.3. The van der Waals surface area contributed by atoms with Crippen LogP contribution in [-0.2, 0) is 27.3 Å². The Morgan fingerprint density at radius 3 is 2.66 bits per heavy atom. The van der Waals surface area contributed by atoms with E-state index in [1.807, 2.05) is 4.90 Å². The number of anilines is 1. The predicted molar refractivity (Wildman–Crippen MR) is 104 cm³/mol. The van der Waals surface area contributed by atoms with E-state index in [9.17, 15) is 21.9 Å². The van der Waals surface area contributed by atoms with Crippen LogP contribution in [0.25, 0.3) is 0 Å². The van der Waals surface area contributed by atoms with E-state index < -0.39 is 27.7 Å². The summed E-state index contributed by atoms with van der Waals surface area (Å²) in [7, 11) is -3.73. The lowest BCUT2D eigenvalue weighted by atomic mass is 9.89. The Hall–Kier alpha value is -1.94. The molecule has 2 aromatic rings. The van der Waals surface area contributed by atoms with Crippen molar-refractivity contribution >= 4 is 16.1 Å². The molecule has 2 aromatic carbocycles. The molecule has 2 aliphatic rings. The molecule has 0 aromatic heterocycles. The van der Waals surface area contributed by atoms with Gasteiger partial charge in [0.05, 0.1) is 16.8 Å². The molecule has 1 fully saturated rings. The molecule has 2 aliphatic heterocycles. The van der Waals surface area contributed by atoms with Crippen LogP contribution in [0.2, 0.25) is 0 Å². The first-order chi connectivity index (χ1) is 13.7. The van der Waals surface area contributed by atoms with Gasteiger partial charge in [0, 0.05) is 19.6 Å². The van der Waals surface area contributed by atoms with Crippen LogP contribution in [0.1, 0.15) is 24.0 Å². The quantitative estimate of drug-likeness (QED) is 0.721. The van der Waals surface area contributed by atoms with E-state index in [1.54, 1.807) is 30.3 Å². The summed E-state index contributed by atoms with van der Waals surface area (Å²) in [4.78, 5) is 2.09. The van der Waals surface area contributed by atoms with Crippen LogP contribution in [0.5, 0.6) is 0 Å². The van der Waals surface area contributed by atoms with Crippen molar-refractivity contribution in [3.05, 3.63) is 59.7 Å². The number of likely N-dealkylation sites (tertiary alicyclic amines) is 1. The van der Waals surface area contributed by atoms with E-state index in [0.29, 0.717) is 38.2 Å². The fourth-order valence-electron chi connectivity index (χ4n) is 4.25. The lowest BCUT2D eigenvalue weighted by Crippen LogP contribution is -2.62. The van der Waals surface area contributed by atoms with Gasteiger partial charge in [-0.05, 0) is 43.1 Å². The Morgan fingerprint density at radius 1 is 1.14 bits per heavy atom. The van der Waals surface area contributed by atoms with Crippen molar-refractivity contribution < 1.29 is 21.9 Å². The van der Waals surface area contributed by atoms with Crippen molar-refractivity contribution in [2.45, 2.75) is 36.0 Å². The normalized spacial score (nSPS) is 27.9. The number of fused-ring (bicyclic) bond motifs is 1. The zero-order valence-electron chi connectivity index (χ0n) is 15.7. The lowest BCUT2D eigenvalue weighted by Gasteiger charge is -2.42. The van der Waals surface area contributed by atoms with Gasteiger partial charge in [0.2, 0.25) is 0 Å². The number of nitrogens with one attached hydrogen (secondary N) is 2. The van der Waals surface area contributed by atoms with Gasteiger partial charge in [-0.15, -0.1) is 4.72 Å². The largest absolute Gasteiger partial charge is 0.593 e. The van der Waals surface area contributed by atoms with Crippen LogP contribution in [0.15, 0.2) is 53.4 Å². The van der Waals surface area contributed by atoms with Crippen LogP contribution in [-0.4, -0.2) is 34.6 Å². The Labute approximate surface area is 168 Å². The molecule has 0 amide bonds. The zero-order valence-corrected chi connectivity index (χ0v) is 16.5. The van der Waals surface area contributed by atoms with Gasteiger partial charge in [0.15, 0.2) is 15.3 Å². The lowest BCUT2D eigenvalue weighted by molar-refractivity contribution is -0.138. The van der Waals surface area contributed by atoms with E-state index in [2.05, 4.69) is 10.0 Å². The molecule has 2 heterocycles. The molecule has 5 nitrogen and oxygen atoms in total. The SMILES string of the molecule is O=[S+]1([O-])NC2(CCCN(Cc3ccccc3C(F)(F)F)C2)CNc2ccccc21. The number of para-hydroxylation sites is 1. The van der Waals surface area contributed by atoms with E-state index in [1.165, 1.54) is 12.1 Å². The molecular formula is C20H22F3N3O2S. The maximum atomic E-state index is 13.3. The molecule has 0 radical (unpaired) electrons. The molecule has 156 valence electrons. The molecule has 2 atom stereocenters. The van der Waals surface area contributed by atoms with Crippen molar-refractivity contribution in [2.75, 3.05) is 25.0 Å². The summed E-state index contributed by atoms with van der Waals surface area (Å²) in [6, 6.07) is 12.2. The van der Waals surface area contributed by atoms with Gasteiger partial charge in [-0.2, -0.15) is 13.2 Å². The summed E-state index contributed by atoms with van der Waals surface area (Å²) in [5.74, 6) is 0. The maximum Gasteiger partial charge on any atom is 0.416 e. The van der Waals surface area contributed by atoms with E-state index >= 15 is 0 Å². The number of benzene rings is 2. The average molecular weight is 425 g/mol. The summed E-state index contributed by atoms with van der Waals surface area (Å²) in [5.41, 5.74) is -0.684. The second-order valence-corrected chi connectivity index (χ2v) is 9.36. The third-order valence-corrected chi connectivity index (χ3v) is 7.15. The van der Waals surface area contributed by atoms with Gasteiger partial charge in [-0.1, -0.05) is 34.5 Å². The third kappa shape index (κ3) is 4.18. The molecule has 29 heavy (non-hydrogen) atoms. The summed E-state index contributed by atoms with van der Waals surface area (Å²) in [5, 5.41) is 3.21. The van der Waals surface area contributed by atoms with E-state index in [-0.39, 0.29) is 17.0 Å². The first kappa shape index (κ1) is 20.3. The number of sulfonamides is 1. The molecule has 2 unspecified atom stereocenters. The highest BCUT2D eigenvalue weighted by Gasteiger charge is 2.45. The highest BCUT2D eigenvalue weighted by molar-refractivity contribution is 7.96. The molecule has 1 spiro atoms. The van der Waals surface area contributed by atoms with Crippen molar-refractivity contribution in [3.63, 3.8) is 0 Å². The van der Waals surface area contributed by atoms with Gasteiger partial charge in [-0.25, -0.2) is 0 Å². The van der Waals surface area contributed by atoms with Crippen molar-refractivity contribution in [3.8, 4) is 0 Å². The monoisotopic (exact) mass is 425 g/mol. The number of nitrogens with zero attached hydrogens (tertiary/aromatic N) is 1. The summed E-state index contributed by atoms with van der Waals surface area (Å²) in [6.45, 7) is 1.44. The first-order valence-corrected chi connectivity index (χ1v) is 10.9. The summed E-state index contributed by atoms with van der Waals surface area (Å²) >= 11 is 0. The van der Waals surface area contributed by atoms with Crippen LogP contribution in [0, 0.1) is 0 Å². The van der Waals surface area contributed by atoms with Crippen molar-refractivity contribution in [2.24, 2.45) is 0 Å². The van der Waals surface area contributed by atoms with Gasteiger partial charge < -0.3 is 9.87 Å². The fourth-order valence-corrected chi connectivity index (χ4v) is 5.86. The van der Waals surface area contributed by atoms with Gasteiger partial charge in [0.1, 0.15) is 0 Å². The fraction of sp³-hybridized carbons (Fsp3) is 0.400. The topological polar surface area (TPSA) is 67.4 Å². The number of piperidine rings is 1. The highest BCUT2D eigenvalue weighted by atomic mass is 32.3. The van der Waals surface area contributed by atoms with Crippen LogP contribution >= 0.6 is 0 Å². The van der Waals surface area contributed by atoms with Gasteiger partial charge >= 0.3 is 6.18 Å². The second-order valence-electron chi connectivity index (χ2n) is 7.70. The number of hydrogen-bond acceptors (Lipinski definition) is 4. The van der Waals surface area contributed by atoms with Crippen LogP contribution in [0.3, 0.4) is 0 Å². The predicted octanol–water partition coefficient (Wildman–Crippen LogP) is 3.66. The molecule has 9 heteroatoms. The standard InChI is InChI=1S/C20H22F3N3O2S/c21-20(22,23)16-7-2-1-6-15(16)12-26-11-5-10-19(14-26)13-24-17-8-3-4-9-18(17)29(27,28)25-19/h1-4,6-9,24H,5,10-14H2,(H-,25,27,28). The minimum atomic E-state index is -4.42. The minimum Gasteiger partial charge on any atom is -0.593 e. The molecule has 0 saturated carbocycles. The Kier molecular flexibility index (Phi) is 5.18. The summed E-state index contributed by atoms with van der Waals surface area (Å²) < 4.78 is 68.6. The van der Waals surface area contributed by atoms with Gasteiger partial charge in [-0.3, -0.25) is 4.90 Å². The molecule has 0 bridgehead atoms. The van der Waals surface area contributed by atoms with Crippen LogP contribution in [0.4, 0.5) is 18.9 Å². The smallest absolute Gasteiger partial charge is 0.416 e. The third-order valence-electron chi connectivity index (χ3n) is 5.52. The van der Waals surface area contributed by atoms with Crippen molar-refractivity contribution in [1.82, 2.24) is 9.62 Å². The Bertz CT molecular complexity index is 953. The number of alkyl halides is 3. The molecule has 1 saturated heterocycles. The van der Waals surface area contributed by atoms with E-state index in [4.69, 9.17) is 0 Å². The minimum absolute atomic E-state index is 0.117. The zero-order chi connectivity index (χ0) is 20.7. The first-order valence-electron chi connectivity index (χ1n) is 9.43. The molecular weight excluding hydrogens is 403 g/mol. The average Bonchev–Trinajstić information content (AvgIpc) is 2.76. The van der Waals surface area contributed by atoms with Gasteiger partial charge in [0.25, 0.3) is 0 Å². The second kappa shape index (κ2) is 7.39. The highest BCUT2D eigenvalue weighted by Crippen LogP contribution is 2.35. The van der Waals surface area contributed by atoms with Crippen molar-refractivity contribution in [1.29, 1.82) is 0 Å². The van der Waals surface area contributed by atoms with E-state index in [0.717, 1.165) is 6.07 Å². The van der Waals surface area contributed by atoms with Crippen LogP contribution < -0.4 is 10.0 Å². The number of hydrogen-bond donors (Lipinski definition) is 2. The molecule has 0 aliphatic carbocycles. The summed E-state index contributed by atoms with van der Waals surface area (Å²) in [6.07, 6.45) is -3.11. The molecule has 4 rings (SSSR count). The Balaban J connectivity index is 1.58. The Morgan fingerprint density at radius 2 is 1.86 bits per heavy atom.